The molecule has 2 atom stereocenters. The van der Waals surface area contributed by atoms with Crippen molar-refractivity contribution in [2.24, 2.45) is 0 Å². The number of thiophene rings is 1. The molecule has 1 fully saturated rings. The number of methoxy groups -OCH3 is 1. The molecule has 0 radical (unpaired) electrons. The number of hydrogen-bond donors (Lipinski definition) is 4. The predicted molar refractivity (Wildman–Crippen MR) is 243 cm³/mol. The Morgan fingerprint density at radius 1 is 1.03 bits per heavy atom. The summed E-state index contributed by atoms with van der Waals surface area (Å²) in [6.45, 7) is 4.52. The summed E-state index contributed by atoms with van der Waals surface area (Å²) in [4.78, 5) is 91.9. The molecular weight excluding hydrogens is 870 g/mol. The zero-order valence-electron chi connectivity index (χ0n) is 35.3. The second-order valence-electron chi connectivity index (χ2n) is 15.4. The van der Waals surface area contributed by atoms with E-state index < -0.39 is 11.9 Å². The number of imide groups is 1. The van der Waals surface area contributed by atoms with Gasteiger partial charge in [-0.1, -0.05) is 30.7 Å². The highest BCUT2D eigenvalue weighted by atomic mass is 35.5. The molecule has 6 amide bonds. The molecule has 0 saturated carbocycles. The van der Waals surface area contributed by atoms with Gasteiger partial charge >= 0.3 is 0 Å². The third-order valence-electron chi connectivity index (χ3n) is 11.3. The Kier molecular flexibility index (Phi) is 15.7. The fraction of sp³-hybridized carbons (Fsp3) is 0.409. The molecule has 16 nitrogen and oxygen atoms in total. The lowest BCUT2D eigenvalue weighted by molar-refractivity contribution is -0.137. The number of unbranched alkanes of at least 4 members (excludes halogenated alkanes) is 1. The summed E-state index contributed by atoms with van der Waals surface area (Å²) in [7, 11) is 3.31. The SMILES string of the molecule is CC[C@@H]1C(=O)N(C)c2cnc(Cc3ccc(C(=O)NCCCNCCCCC(=O)Nc4cccc5c4CN(C4CCC(=O)NC4=O)C5=O)cc3OC)nc2N1Cc1ccc(Cl)s1.Cl. The minimum absolute atomic E-state index is 0. The standard InChI is InChI=1S/C44H50ClN9O7S.ClH/c1-4-32-44(60)52(2)34-23-48-37(50-40(34)53(32)24-28-14-16-36(45)62-28)22-26-12-13-27(21-35(26)61-3)41(57)47-20-8-19-46-18-6-5-11-38(55)49-31-10-7-9-29-30(31)25-54(43(29)59)33-15-17-39(56)51-42(33)58;/h7,9-10,12-14,16,21,23,32-33,46H,4-6,8,11,15,17-20,22,24-25H2,1-3H3,(H,47,57)(H,49,55)(H,51,56,58);1H/t32-,33?;/m1./s1. The number of carbonyl (C=O) groups excluding carboxylic acids is 6. The van der Waals surface area contributed by atoms with Crippen LogP contribution >= 0.6 is 35.3 Å². The highest BCUT2D eigenvalue weighted by molar-refractivity contribution is 7.16. The third kappa shape index (κ3) is 10.8. The molecule has 0 aliphatic carbocycles. The fourth-order valence-electron chi connectivity index (χ4n) is 8.04. The zero-order valence-corrected chi connectivity index (χ0v) is 37.7. The van der Waals surface area contributed by atoms with Crippen LogP contribution < -0.4 is 35.8 Å². The Morgan fingerprint density at radius 2 is 1.84 bits per heavy atom. The van der Waals surface area contributed by atoms with Gasteiger partial charge in [0.2, 0.25) is 23.6 Å². The normalized spacial score (nSPS) is 16.9. The highest BCUT2D eigenvalue weighted by Crippen LogP contribution is 2.37. The van der Waals surface area contributed by atoms with Crippen LogP contribution in [0.2, 0.25) is 4.34 Å². The minimum Gasteiger partial charge on any atom is -0.496 e. The second kappa shape index (κ2) is 21.2. The van der Waals surface area contributed by atoms with E-state index >= 15 is 0 Å². The van der Waals surface area contributed by atoms with Crippen molar-refractivity contribution in [2.45, 2.75) is 83.5 Å². The maximum Gasteiger partial charge on any atom is 0.255 e. The number of benzene rings is 2. The molecule has 4 N–H and O–H groups in total. The summed E-state index contributed by atoms with van der Waals surface area (Å²) in [5.41, 5.74) is 3.58. The molecule has 0 bridgehead atoms. The monoisotopic (exact) mass is 919 g/mol. The van der Waals surface area contributed by atoms with E-state index in [1.807, 2.05) is 30.0 Å². The van der Waals surface area contributed by atoms with Crippen LogP contribution in [-0.4, -0.2) is 96.2 Å². The quantitative estimate of drug-likeness (QED) is 0.0752. The number of nitrogens with zero attached hydrogens (tertiary/aromatic N) is 5. The smallest absolute Gasteiger partial charge is 0.255 e. The Balaban J connectivity index is 0.00000661. The van der Waals surface area contributed by atoms with Crippen molar-refractivity contribution in [2.75, 3.05) is 48.9 Å². The van der Waals surface area contributed by atoms with E-state index in [-0.39, 0.29) is 67.4 Å². The van der Waals surface area contributed by atoms with Gasteiger partial charge in [-0.05, 0) is 81.6 Å². The van der Waals surface area contributed by atoms with E-state index in [9.17, 15) is 28.8 Å². The molecule has 2 aromatic carbocycles. The lowest BCUT2D eigenvalue weighted by atomic mass is 10.0. The number of amides is 6. The molecule has 7 rings (SSSR count). The zero-order chi connectivity index (χ0) is 43.9. The number of carbonyl (C=O) groups is 6. The van der Waals surface area contributed by atoms with E-state index in [1.54, 1.807) is 55.6 Å². The predicted octanol–water partition coefficient (Wildman–Crippen LogP) is 5.25. The lowest BCUT2D eigenvalue weighted by Crippen LogP contribution is -2.52. The summed E-state index contributed by atoms with van der Waals surface area (Å²) < 4.78 is 6.38. The Hall–Kier alpha value is -5.62. The van der Waals surface area contributed by atoms with E-state index in [1.165, 1.54) is 16.2 Å². The Bertz CT molecular complexity index is 2380. The van der Waals surface area contributed by atoms with Gasteiger partial charge in [-0.15, -0.1) is 23.7 Å². The fourth-order valence-corrected chi connectivity index (χ4v) is 9.12. The van der Waals surface area contributed by atoms with Crippen molar-refractivity contribution < 1.29 is 33.5 Å². The highest BCUT2D eigenvalue weighted by Gasteiger charge is 2.40. The molecule has 19 heteroatoms. The molecule has 334 valence electrons. The number of fused-ring (bicyclic) bond motifs is 2. The van der Waals surface area contributed by atoms with Crippen molar-refractivity contribution >= 4 is 88.0 Å². The maximum atomic E-state index is 13.3. The lowest BCUT2D eigenvalue weighted by Gasteiger charge is -2.40. The first-order valence-electron chi connectivity index (χ1n) is 20.8. The number of aromatic nitrogens is 2. The van der Waals surface area contributed by atoms with Crippen LogP contribution in [0.1, 0.15) is 94.4 Å². The maximum absolute atomic E-state index is 13.3. The van der Waals surface area contributed by atoms with Gasteiger partial charge in [0.25, 0.3) is 11.8 Å². The van der Waals surface area contributed by atoms with Gasteiger partial charge in [0.15, 0.2) is 5.82 Å². The molecule has 5 heterocycles. The largest absolute Gasteiger partial charge is 0.496 e. The topological polar surface area (TPSA) is 195 Å². The van der Waals surface area contributed by atoms with Crippen molar-refractivity contribution in [3.63, 3.8) is 0 Å². The van der Waals surface area contributed by atoms with Gasteiger partial charge in [-0.25, -0.2) is 9.97 Å². The third-order valence-corrected chi connectivity index (χ3v) is 12.6. The van der Waals surface area contributed by atoms with Crippen LogP contribution in [0, 0.1) is 0 Å². The number of piperidine rings is 1. The van der Waals surface area contributed by atoms with Gasteiger partial charge < -0.3 is 35.4 Å². The van der Waals surface area contributed by atoms with Crippen molar-refractivity contribution in [3.8, 4) is 5.75 Å². The summed E-state index contributed by atoms with van der Waals surface area (Å²) >= 11 is 7.70. The van der Waals surface area contributed by atoms with Gasteiger partial charge in [0.05, 0.1) is 24.2 Å². The van der Waals surface area contributed by atoms with Crippen LogP contribution in [0.15, 0.2) is 54.7 Å². The minimum atomic E-state index is -0.721. The number of ether oxygens (including phenoxy) is 1. The average Bonchev–Trinajstić information content (AvgIpc) is 3.83. The molecule has 1 saturated heterocycles. The number of rotatable bonds is 18. The number of likely N-dealkylation sites (N-methyl/N-ethyl adjacent to an activating group) is 1. The summed E-state index contributed by atoms with van der Waals surface area (Å²) in [5, 5.41) is 11.6. The van der Waals surface area contributed by atoms with Gasteiger partial charge in [0.1, 0.15) is 29.3 Å². The number of anilines is 3. The molecule has 63 heavy (non-hydrogen) atoms. The van der Waals surface area contributed by atoms with Crippen LogP contribution in [-0.2, 0) is 38.7 Å². The molecule has 3 aliphatic heterocycles. The number of halogens is 2. The number of hydrogen-bond acceptors (Lipinski definition) is 12. The molecule has 1 unspecified atom stereocenters. The average molecular weight is 921 g/mol. The van der Waals surface area contributed by atoms with Gasteiger partial charge in [-0.3, -0.25) is 34.1 Å². The van der Waals surface area contributed by atoms with Crippen LogP contribution in [0.4, 0.5) is 17.2 Å². The number of nitrogens with one attached hydrogen (secondary N) is 4. The van der Waals surface area contributed by atoms with E-state index in [4.69, 9.17) is 21.3 Å². The van der Waals surface area contributed by atoms with Crippen molar-refractivity contribution in [1.29, 1.82) is 0 Å². The molecule has 4 aromatic rings. The Morgan fingerprint density at radius 3 is 2.59 bits per heavy atom. The van der Waals surface area contributed by atoms with E-state index in [2.05, 4.69) is 26.3 Å². The molecule has 0 spiro atoms. The molecular formula is C44H51Cl2N9O7S. The van der Waals surface area contributed by atoms with Crippen molar-refractivity contribution in [1.82, 2.24) is 30.8 Å². The first-order chi connectivity index (χ1) is 29.9. The summed E-state index contributed by atoms with van der Waals surface area (Å²) in [5.74, 6) is 0.268. The summed E-state index contributed by atoms with van der Waals surface area (Å²) in [6, 6.07) is 13.2. The summed E-state index contributed by atoms with van der Waals surface area (Å²) in [6.07, 6.45) is 5.54. The van der Waals surface area contributed by atoms with Gasteiger partial charge in [0, 0.05) is 72.2 Å². The molecule has 3 aliphatic rings. The van der Waals surface area contributed by atoms with Crippen LogP contribution in [0.5, 0.6) is 5.75 Å². The van der Waals surface area contributed by atoms with E-state index in [0.717, 1.165) is 16.9 Å². The van der Waals surface area contributed by atoms with Gasteiger partial charge in [-0.2, -0.15) is 0 Å². The second-order valence-corrected chi connectivity index (χ2v) is 17.2. The first-order valence-corrected chi connectivity index (χ1v) is 22.0. The first kappa shape index (κ1) is 46.9. The van der Waals surface area contributed by atoms with E-state index in [0.29, 0.717) is 108 Å². The molecule has 2 aromatic heterocycles. The van der Waals surface area contributed by atoms with Crippen molar-refractivity contribution in [3.05, 3.63) is 92.0 Å². The van der Waals surface area contributed by atoms with Crippen LogP contribution in [0.3, 0.4) is 0 Å². The van der Waals surface area contributed by atoms with Crippen LogP contribution in [0.25, 0.3) is 0 Å². The Labute approximate surface area is 380 Å².